The summed E-state index contributed by atoms with van der Waals surface area (Å²) in [6.07, 6.45) is 7.30. The fourth-order valence-corrected chi connectivity index (χ4v) is 3.78. The first-order valence-electron chi connectivity index (χ1n) is 10.3. The van der Waals surface area contributed by atoms with Crippen molar-refractivity contribution in [2.45, 2.75) is 52.4 Å². The molecule has 13 nitrogen and oxygen atoms in total. The fraction of sp³-hybridized carbons (Fsp3) is 0.632. The highest BCUT2D eigenvalue weighted by atomic mass is 35.5. The molecule has 0 aromatic carbocycles. The highest BCUT2D eigenvalue weighted by Gasteiger charge is 2.20. The van der Waals surface area contributed by atoms with Crippen LogP contribution in [0.2, 0.25) is 0 Å². The number of hydrazine groups is 1. The minimum absolute atomic E-state index is 0. The molecule has 14 N–H and O–H groups in total. The van der Waals surface area contributed by atoms with Gasteiger partial charge in [-0.1, -0.05) is 0 Å². The third kappa shape index (κ3) is 8.70. The largest absolute Gasteiger partial charge is 0.344 e. The van der Waals surface area contributed by atoms with Crippen LogP contribution in [0.25, 0.3) is 0 Å². The Kier molecular flexibility index (Phi) is 15.1. The molecule has 2 aliphatic heterocycles. The van der Waals surface area contributed by atoms with Crippen molar-refractivity contribution in [2.24, 2.45) is 0 Å². The Hall–Kier alpha value is -2.58. The molecular formula is C19H50ClN13. The molecule has 0 atom stereocenters. The van der Waals surface area contributed by atoms with E-state index in [1.165, 1.54) is 38.5 Å². The van der Waals surface area contributed by atoms with Crippen LogP contribution in [0.5, 0.6) is 0 Å². The molecule has 4 heterocycles. The summed E-state index contributed by atoms with van der Waals surface area (Å²) in [4.78, 5) is 27.4. The van der Waals surface area contributed by atoms with Crippen molar-refractivity contribution in [1.82, 2.24) is 49.5 Å². The van der Waals surface area contributed by atoms with Gasteiger partial charge in [-0.15, -0.1) is 12.4 Å². The van der Waals surface area contributed by atoms with Gasteiger partial charge in [0.05, 0.1) is 0 Å². The highest BCUT2D eigenvalue weighted by molar-refractivity contribution is 5.85. The number of halogens is 1. The minimum atomic E-state index is 0. The molecule has 0 bridgehead atoms. The quantitative estimate of drug-likeness (QED) is 0.307. The Morgan fingerprint density at radius 1 is 0.667 bits per heavy atom. The number of aryl methyl sites for hydroxylation is 2. The second-order valence-corrected chi connectivity index (χ2v) is 7.55. The summed E-state index contributed by atoms with van der Waals surface area (Å²) in [5, 5.41) is 0. The van der Waals surface area contributed by atoms with Gasteiger partial charge >= 0.3 is 0 Å². The van der Waals surface area contributed by atoms with Gasteiger partial charge in [0.2, 0.25) is 17.8 Å². The predicted molar refractivity (Wildman–Crippen MR) is 146 cm³/mol. The predicted octanol–water partition coefficient (Wildman–Crippen LogP) is 4.75. The Balaban J connectivity index is -0.000000267. The van der Waals surface area contributed by atoms with Crippen molar-refractivity contribution in [3.05, 3.63) is 17.6 Å². The molecule has 0 radical (unpaired) electrons. The van der Waals surface area contributed by atoms with Crippen molar-refractivity contribution in [2.75, 3.05) is 46.8 Å². The molecule has 0 spiro atoms. The first-order chi connectivity index (χ1) is 13.7. The molecule has 33 heavy (non-hydrogen) atoms. The fourth-order valence-electron chi connectivity index (χ4n) is 3.78. The number of rotatable bonds is 5. The van der Waals surface area contributed by atoms with Gasteiger partial charge in [-0.3, -0.25) is 10.9 Å². The zero-order chi connectivity index (χ0) is 19.3. The van der Waals surface area contributed by atoms with Crippen molar-refractivity contribution in [1.29, 1.82) is 0 Å². The Bertz CT molecular complexity index is 772. The van der Waals surface area contributed by atoms with Gasteiger partial charge in [0, 0.05) is 43.6 Å². The third-order valence-electron chi connectivity index (χ3n) is 5.16. The Morgan fingerprint density at radius 2 is 1.15 bits per heavy atom. The van der Waals surface area contributed by atoms with Crippen LogP contribution in [0.15, 0.2) is 6.07 Å². The first-order valence-corrected chi connectivity index (χ1v) is 10.3. The summed E-state index contributed by atoms with van der Waals surface area (Å²) in [6.45, 7) is 7.83. The molecule has 2 saturated heterocycles. The summed E-state index contributed by atoms with van der Waals surface area (Å²) in [7, 11) is 0. The van der Waals surface area contributed by atoms with Gasteiger partial charge in [-0.25, -0.2) is 9.97 Å². The van der Waals surface area contributed by atoms with E-state index in [2.05, 4.69) is 40.6 Å². The van der Waals surface area contributed by atoms with Crippen LogP contribution in [-0.2, 0) is 0 Å². The zero-order valence-electron chi connectivity index (χ0n) is 20.0. The number of piperidine rings is 2. The van der Waals surface area contributed by atoms with Crippen LogP contribution in [0.4, 0.5) is 23.7 Å². The molecule has 2 aromatic heterocycles. The van der Waals surface area contributed by atoms with Crippen molar-refractivity contribution in [3.63, 3.8) is 0 Å². The van der Waals surface area contributed by atoms with Crippen LogP contribution >= 0.6 is 12.4 Å². The monoisotopic (exact) mass is 495 g/mol. The van der Waals surface area contributed by atoms with E-state index < -0.39 is 0 Å². The van der Waals surface area contributed by atoms with Gasteiger partial charge < -0.3 is 34.4 Å². The van der Waals surface area contributed by atoms with Gasteiger partial charge in [-0.2, -0.15) is 15.0 Å². The first kappa shape index (κ1) is 32.6. The lowest BCUT2D eigenvalue weighted by Crippen LogP contribution is -2.34. The second-order valence-electron chi connectivity index (χ2n) is 7.55. The molecule has 0 saturated carbocycles. The average Bonchev–Trinajstić information content (AvgIpc) is 2.73. The number of hydrogen-bond acceptors (Lipinski definition) is 13. The maximum atomic E-state index is 4.80. The van der Waals surface area contributed by atoms with E-state index in [0.717, 1.165) is 49.6 Å². The van der Waals surface area contributed by atoms with E-state index in [1.807, 2.05) is 19.9 Å². The second kappa shape index (κ2) is 15.3. The topological polar surface area (TPSA) is 235 Å². The Labute approximate surface area is 208 Å². The van der Waals surface area contributed by atoms with Gasteiger partial charge in [0.25, 0.3) is 0 Å². The number of aromatic nitrogens is 5. The zero-order valence-corrected chi connectivity index (χ0v) is 20.8. The standard InChI is InChI=1S/C19H29N9.ClH.4H3N.4H2/c1-14-13-16(21-15(2)20-14)25-26-17-22-18(27-9-5-3-6-10-27)24-19(23-17)28-11-7-4-8-12-28;;;;;;;;;/h13H,3-12H2,1-2H3,(H,20,21,25)(H,22,23,24,26);1H;4*1H3;4*1H. The highest BCUT2D eigenvalue weighted by Crippen LogP contribution is 2.22. The maximum absolute atomic E-state index is 4.80. The SMILES string of the molecule is Cc1cc(NNc2nc(N3CCCCC3)nc(N3CCCCC3)n2)nc(C)n1.Cl.N.N.N.N.[HH].[HH].[HH].[HH]. The van der Waals surface area contributed by atoms with Crippen molar-refractivity contribution in [3.8, 4) is 0 Å². The molecular weight excluding hydrogens is 446 g/mol. The van der Waals surface area contributed by atoms with Crippen molar-refractivity contribution >= 4 is 36.1 Å². The summed E-state index contributed by atoms with van der Waals surface area (Å²) in [5.74, 6) is 3.46. The average molecular weight is 496 g/mol. The Morgan fingerprint density at radius 3 is 1.61 bits per heavy atom. The summed E-state index contributed by atoms with van der Waals surface area (Å²) in [5.41, 5.74) is 7.14. The van der Waals surface area contributed by atoms with Crippen molar-refractivity contribution < 1.29 is 5.71 Å². The van der Waals surface area contributed by atoms with Crippen LogP contribution in [0.3, 0.4) is 0 Å². The van der Waals surface area contributed by atoms with E-state index in [-0.39, 0.29) is 42.7 Å². The molecule has 4 rings (SSSR count). The van der Waals surface area contributed by atoms with E-state index in [9.17, 15) is 0 Å². The van der Waals surface area contributed by atoms with Gasteiger partial charge in [0.1, 0.15) is 11.6 Å². The lowest BCUT2D eigenvalue weighted by molar-refractivity contribution is 0.556. The lowest BCUT2D eigenvalue weighted by Gasteiger charge is -2.30. The lowest BCUT2D eigenvalue weighted by atomic mass is 10.1. The molecule has 14 heteroatoms. The summed E-state index contributed by atoms with van der Waals surface area (Å²) < 4.78 is 0. The van der Waals surface area contributed by atoms with Gasteiger partial charge in [-0.05, 0) is 52.4 Å². The third-order valence-corrected chi connectivity index (χ3v) is 5.16. The molecule has 0 amide bonds. The van der Waals surface area contributed by atoms with Gasteiger partial charge in [0.15, 0.2) is 0 Å². The maximum Gasteiger partial charge on any atom is 0.248 e. The van der Waals surface area contributed by atoms with Crippen LogP contribution < -0.4 is 45.3 Å². The van der Waals surface area contributed by atoms with Crippen LogP contribution in [-0.4, -0.2) is 51.1 Å². The van der Waals surface area contributed by atoms with E-state index in [1.54, 1.807) is 0 Å². The molecule has 198 valence electrons. The molecule has 2 aromatic rings. The minimum Gasteiger partial charge on any atom is -0.344 e. The molecule has 0 aliphatic carbocycles. The van der Waals surface area contributed by atoms with E-state index in [4.69, 9.17) is 4.98 Å². The van der Waals surface area contributed by atoms with Crippen LogP contribution in [0.1, 0.15) is 55.7 Å². The summed E-state index contributed by atoms with van der Waals surface area (Å²) in [6, 6.07) is 1.89. The number of nitrogens with one attached hydrogen (secondary N) is 2. The number of nitrogens with zero attached hydrogens (tertiary/aromatic N) is 7. The smallest absolute Gasteiger partial charge is 0.248 e. The normalized spacial score (nSPS) is 14.8. The van der Waals surface area contributed by atoms with E-state index in [0.29, 0.717) is 11.8 Å². The van der Waals surface area contributed by atoms with Crippen LogP contribution in [0, 0.1) is 13.8 Å². The van der Waals surface area contributed by atoms with E-state index >= 15 is 0 Å². The number of hydrogen-bond donors (Lipinski definition) is 6. The number of anilines is 4. The molecule has 2 aliphatic rings. The molecule has 2 fully saturated rings. The molecule has 0 unspecified atom stereocenters. The summed E-state index contributed by atoms with van der Waals surface area (Å²) >= 11 is 0.